The first-order valence-corrected chi connectivity index (χ1v) is 7.27. The van der Waals surface area contributed by atoms with Crippen molar-refractivity contribution in [2.24, 2.45) is 5.92 Å². The van der Waals surface area contributed by atoms with Crippen LogP contribution in [0.4, 0.5) is 0 Å². The Balaban J connectivity index is 0.00000200. The number of nitrogens with one attached hydrogen (secondary N) is 2. The number of halogens is 2. The minimum atomic E-state index is -0.493. The van der Waals surface area contributed by atoms with Crippen LogP contribution in [0, 0.1) is 12.8 Å². The fraction of sp³-hybridized carbons (Fsp3) is 0.500. The first kappa shape index (κ1) is 17.3. The number of ether oxygens (including phenoxy) is 1. The van der Waals surface area contributed by atoms with Crippen molar-refractivity contribution in [1.82, 2.24) is 10.6 Å². The summed E-state index contributed by atoms with van der Waals surface area (Å²) < 4.78 is 6.54. The minimum Gasteiger partial charge on any atom is -0.480 e. The van der Waals surface area contributed by atoms with E-state index in [9.17, 15) is 4.79 Å². The maximum absolute atomic E-state index is 11.9. The van der Waals surface area contributed by atoms with E-state index < -0.39 is 6.10 Å². The van der Waals surface area contributed by atoms with E-state index >= 15 is 0 Å². The molecule has 1 amide bonds. The standard InChI is InChI=1S/C14H19BrN2O2.ClH/c1-9-3-4-13(12(15)5-9)19-10(2)14(18)17-8-11-6-16-7-11;/h3-5,10-11,16H,6-8H2,1-2H3,(H,17,18);1H. The molecule has 1 heterocycles. The van der Waals surface area contributed by atoms with E-state index in [0.717, 1.165) is 23.1 Å². The lowest BCUT2D eigenvalue weighted by Gasteiger charge is -2.27. The van der Waals surface area contributed by atoms with Gasteiger partial charge in [-0.2, -0.15) is 0 Å². The summed E-state index contributed by atoms with van der Waals surface area (Å²) in [5.41, 5.74) is 1.15. The molecule has 1 aromatic carbocycles. The summed E-state index contributed by atoms with van der Waals surface area (Å²) in [7, 11) is 0. The topological polar surface area (TPSA) is 50.4 Å². The van der Waals surface area contributed by atoms with Crippen molar-refractivity contribution in [2.45, 2.75) is 20.0 Å². The van der Waals surface area contributed by atoms with Crippen LogP contribution >= 0.6 is 28.3 Å². The van der Waals surface area contributed by atoms with Crippen molar-refractivity contribution in [3.8, 4) is 5.75 Å². The second-order valence-corrected chi connectivity index (χ2v) is 5.82. The van der Waals surface area contributed by atoms with Gasteiger partial charge >= 0.3 is 0 Å². The average Bonchev–Trinajstić information content (AvgIpc) is 2.30. The highest BCUT2D eigenvalue weighted by Gasteiger charge is 2.20. The van der Waals surface area contributed by atoms with Crippen LogP contribution in [-0.4, -0.2) is 31.6 Å². The third-order valence-corrected chi connectivity index (χ3v) is 3.81. The average molecular weight is 364 g/mol. The Morgan fingerprint density at radius 3 is 2.80 bits per heavy atom. The van der Waals surface area contributed by atoms with E-state index in [0.29, 0.717) is 18.2 Å². The molecule has 1 atom stereocenters. The number of aryl methyl sites for hydroxylation is 1. The SMILES string of the molecule is Cc1ccc(OC(C)C(=O)NCC2CNC2)c(Br)c1.Cl. The fourth-order valence-electron chi connectivity index (χ4n) is 1.83. The number of hydrogen-bond donors (Lipinski definition) is 2. The van der Waals surface area contributed by atoms with Crippen LogP contribution in [0.5, 0.6) is 5.75 Å². The number of carbonyl (C=O) groups excluding carboxylic acids is 1. The van der Waals surface area contributed by atoms with Gasteiger partial charge in [0.15, 0.2) is 6.10 Å². The number of rotatable bonds is 5. The Kier molecular flexibility index (Phi) is 6.79. The van der Waals surface area contributed by atoms with Gasteiger partial charge in [0, 0.05) is 25.6 Å². The van der Waals surface area contributed by atoms with Gasteiger partial charge in [-0.3, -0.25) is 4.79 Å². The van der Waals surface area contributed by atoms with Gasteiger partial charge in [0.05, 0.1) is 4.47 Å². The molecular formula is C14H20BrClN2O2. The molecule has 0 aliphatic carbocycles. The Morgan fingerprint density at radius 2 is 2.25 bits per heavy atom. The van der Waals surface area contributed by atoms with E-state index in [1.54, 1.807) is 6.92 Å². The number of amides is 1. The van der Waals surface area contributed by atoms with Crippen molar-refractivity contribution in [3.63, 3.8) is 0 Å². The summed E-state index contributed by atoms with van der Waals surface area (Å²) in [6, 6.07) is 5.81. The molecule has 20 heavy (non-hydrogen) atoms. The molecule has 2 N–H and O–H groups in total. The van der Waals surface area contributed by atoms with Crippen LogP contribution in [0.3, 0.4) is 0 Å². The van der Waals surface area contributed by atoms with Crippen molar-refractivity contribution in [2.75, 3.05) is 19.6 Å². The van der Waals surface area contributed by atoms with E-state index in [1.807, 2.05) is 25.1 Å². The zero-order valence-corrected chi connectivity index (χ0v) is 14.0. The van der Waals surface area contributed by atoms with Gasteiger partial charge in [-0.15, -0.1) is 12.4 Å². The first-order chi connectivity index (χ1) is 9.06. The largest absolute Gasteiger partial charge is 0.480 e. The van der Waals surface area contributed by atoms with Crippen LogP contribution in [0.2, 0.25) is 0 Å². The maximum atomic E-state index is 11.9. The van der Waals surface area contributed by atoms with Gasteiger partial charge in [0.25, 0.3) is 5.91 Å². The number of carbonyl (C=O) groups is 1. The van der Waals surface area contributed by atoms with E-state index in [-0.39, 0.29) is 18.3 Å². The van der Waals surface area contributed by atoms with Crippen LogP contribution in [0.25, 0.3) is 0 Å². The van der Waals surface area contributed by atoms with Gasteiger partial charge in [0.2, 0.25) is 0 Å². The lowest BCUT2D eigenvalue weighted by atomic mass is 10.0. The molecule has 1 fully saturated rings. The second kappa shape index (κ2) is 7.86. The van der Waals surface area contributed by atoms with Crippen molar-refractivity contribution >= 4 is 34.2 Å². The lowest BCUT2D eigenvalue weighted by Crippen LogP contribution is -2.49. The molecule has 0 aromatic heterocycles. The van der Waals surface area contributed by atoms with Gasteiger partial charge in [0.1, 0.15) is 5.75 Å². The molecule has 6 heteroatoms. The zero-order valence-electron chi connectivity index (χ0n) is 11.6. The Morgan fingerprint density at radius 1 is 1.55 bits per heavy atom. The summed E-state index contributed by atoms with van der Waals surface area (Å²) in [4.78, 5) is 11.9. The summed E-state index contributed by atoms with van der Waals surface area (Å²) in [5.74, 6) is 1.18. The summed E-state index contributed by atoms with van der Waals surface area (Å²) in [6.07, 6.45) is -0.493. The van der Waals surface area contributed by atoms with E-state index in [1.165, 1.54) is 0 Å². The molecular weight excluding hydrogens is 344 g/mol. The third-order valence-electron chi connectivity index (χ3n) is 3.19. The molecule has 0 radical (unpaired) electrons. The Hall–Kier alpha value is -0.780. The molecule has 1 aromatic rings. The predicted octanol–water partition coefficient (Wildman–Crippen LogP) is 2.28. The molecule has 1 aliphatic heterocycles. The molecule has 0 spiro atoms. The molecule has 0 saturated carbocycles. The fourth-order valence-corrected chi connectivity index (χ4v) is 2.41. The lowest BCUT2D eigenvalue weighted by molar-refractivity contribution is -0.127. The highest BCUT2D eigenvalue weighted by atomic mass is 79.9. The third kappa shape index (κ3) is 4.65. The highest BCUT2D eigenvalue weighted by molar-refractivity contribution is 9.10. The smallest absolute Gasteiger partial charge is 0.260 e. The summed E-state index contributed by atoms with van der Waals surface area (Å²) >= 11 is 3.44. The summed E-state index contributed by atoms with van der Waals surface area (Å²) in [6.45, 7) is 6.46. The van der Waals surface area contributed by atoms with Gasteiger partial charge < -0.3 is 15.4 Å². The van der Waals surface area contributed by atoms with Crippen molar-refractivity contribution in [1.29, 1.82) is 0 Å². The maximum Gasteiger partial charge on any atom is 0.260 e. The van der Waals surface area contributed by atoms with E-state index in [2.05, 4.69) is 26.6 Å². The minimum absolute atomic E-state index is 0. The summed E-state index contributed by atoms with van der Waals surface area (Å²) in [5, 5.41) is 6.09. The van der Waals surface area contributed by atoms with Crippen molar-refractivity contribution in [3.05, 3.63) is 28.2 Å². The van der Waals surface area contributed by atoms with Crippen LogP contribution in [0.15, 0.2) is 22.7 Å². The molecule has 0 bridgehead atoms. The van der Waals surface area contributed by atoms with Crippen LogP contribution in [0.1, 0.15) is 12.5 Å². The number of benzene rings is 1. The molecule has 2 rings (SSSR count). The van der Waals surface area contributed by atoms with Gasteiger partial charge in [-0.1, -0.05) is 6.07 Å². The first-order valence-electron chi connectivity index (χ1n) is 6.47. The molecule has 112 valence electrons. The predicted molar refractivity (Wildman–Crippen MR) is 85.6 cm³/mol. The molecule has 1 aliphatic rings. The Bertz CT molecular complexity index is 466. The van der Waals surface area contributed by atoms with Gasteiger partial charge in [-0.05, 0) is 47.5 Å². The van der Waals surface area contributed by atoms with Crippen molar-refractivity contribution < 1.29 is 9.53 Å². The Labute approximate surface area is 134 Å². The van der Waals surface area contributed by atoms with Crippen LogP contribution in [-0.2, 0) is 4.79 Å². The number of hydrogen-bond acceptors (Lipinski definition) is 3. The molecule has 1 saturated heterocycles. The molecule has 4 nitrogen and oxygen atoms in total. The second-order valence-electron chi connectivity index (χ2n) is 4.96. The normalized spacial score (nSPS) is 15.8. The van der Waals surface area contributed by atoms with E-state index in [4.69, 9.17) is 4.74 Å². The van der Waals surface area contributed by atoms with Gasteiger partial charge in [-0.25, -0.2) is 0 Å². The monoisotopic (exact) mass is 362 g/mol. The quantitative estimate of drug-likeness (QED) is 0.844. The molecule has 1 unspecified atom stereocenters. The zero-order chi connectivity index (χ0) is 13.8. The van der Waals surface area contributed by atoms with Crippen LogP contribution < -0.4 is 15.4 Å². The highest BCUT2D eigenvalue weighted by Crippen LogP contribution is 2.26.